The first-order chi connectivity index (χ1) is 6.29. The van der Waals surface area contributed by atoms with Crippen molar-refractivity contribution in [2.24, 2.45) is 5.92 Å². The monoisotopic (exact) mass is 374 g/mol. The molecule has 74 valence electrons. The van der Waals surface area contributed by atoms with Gasteiger partial charge in [-0.25, -0.2) is 0 Å². The molecule has 0 radical (unpaired) electrons. The summed E-state index contributed by atoms with van der Waals surface area (Å²) in [6, 6.07) is 0. The molecule has 0 saturated heterocycles. The molecule has 2 nitrogen and oxygen atoms in total. The van der Waals surface area contributed by atoms with Crippen molar-refractivity contribution in [3.05, 3.63) is 0 Å². The summed E-state index contributed by atoms with van der Waals surface area (Å²) < 4.78 is 9.19. The quantitative estimate of drug-likeness (QED) is 0.607. The van der Waals surface area contributed by atoms with E-state index in [0.717, 1.165) is 12.8 Å². The van der Waals surface area contributed by atoms with Gasteiger partial charge in [-0.2, -0.15) is 0 Å². The number of ether oxygens (including phenoxy) is 1. The van der Waals surface area contributed by atoms with Gasteiger partial charge >= 0.3 is 93.7 Å². The van der Waals surface area contributed by atoms with Crippen molar-refractivity contribution in [3.8, 4) is 0 Å². The van der Waals surface area contributed by atoms with Crippen LogP contribution in [0.3, 0.4) is 0 Å². The second-order valence-electron chi connectivity index (χ2n) is 4.08. The van der Waals surface area contributed by atoms with Crippen LogP contribution in [0.1, 0.15) is 25.7 Å². The van der Waals surface area contributed by atoms with Crippen molar-refractivity contribution < 1.29 is 34.4 Å². The molecule has 3 heteroatoms. The second kappa shape index (κ2) is 6.36. The van der Waals surface area contributed by atoms with Crippen LogP contribution in [0.5, 0.6) is 0 Å². The average Bonchev–Trinajstić information content (AvgIpc) is 2.30. The van der Waals surface area contributed by atoms with Gasteiger partial charge in [-0.3, -0.25) is 0 Å². The molecule has 1 N–H and O–H groups in total. The molecule has 13 heavy (non-hydrogen) atoms. The van der Waals surface area contributed by atoms with Crippen molar-refractivity contribution in [2.75, 3.05) is 7.11 Å². The van der Waals surface area contributed by atoms with Gasteiger partial charge in [0.25, 0.3) is 0 Å². The molecular weight excluding hydrogens is 353 g/mol. The molecule has 1 rings (SSSR count). The third-order valence-electron chi connectivity index (χ3n) is 3.14. The van der Waals surface area contributed by atoms with Crippen LogP contribution in [0.25, 0.3) is 0 Å². The average molecular weight is 373 g/mol. The predicted octanol–water partition coefficient (Wildman–Crippen LogP) is 2.10. The molecule has 1 aliphatic carbocycles. The Hall–Kier alpha value is 0.855. The Labute approximate surface area is 93.5 Å². The van der Waals surface area contributed by atoms with E-state index in [1.54, 1.807) is 7.11 Å². The Kier molecular flexibility index (Phi) is 5.83. The summed E-state index contributed by atoms with van der Waals surface area (Å²) in [4.78, 5) is 0. The summed E-state index contributed by atoms with van der Waals surface area (Å²) >= 11 is -0.619. The molecule has 0 bridgehead atoms. The second-order valence-corrected chi connectivity index (χ2v) is 10.2. The third kappa shape index (κ3) is 3.48. The van der Waals surface area contributed by atoms with E-state index >= 15 is 0 Å². The zero-order valence-corrected chi connectivity index (χ0v) is 14.3. The van der Waals surface area contributed by atoms with Crippen molar-refractivity contribution in [1.29, 1.82) is 0 Å². The van der Waals surface area contributed by atoms with Crippen LogP contribution >= 0.6 is 0 Å². The molecule has 0 aliphatic heterocycles. The molecule has 0 amide bonds. The maximum atomic E-state index is 9.94. The van der Waals surface area contributed by atoms with E-state index in [0.29, 0.717) is 12.0 Å². The van der Waals surface area contributed by atoms with Gasteiger partial charge in [-0.15, -0.1) is 0 Å². The van der Waals surface area contributed by atoms with Crippen LogP contribution in [-0.2, 0) is 29.3 Å². The van der Waals surface area contributed by atoms with E-state index in [-0.39, 0.29) is 6.10 Å². The Morgan fingerprint density at radius 1 is 1.38 bits per heavy atom. The Bertz CT molecular complexity index is 141. The molecule has 0 aromatic rings. The van der Waals surface area contributed by atoms with Crippen LogP contribution in [0, 0.1) is 5.92 Å². The summed E-state index contributed by atoms with van der Waals surface area (Å²) in [6.45, 7) is 0. The fourth-order valence-electron chi connectivity index (χ4n) is 2.38. The SMILES string of the molecule is CO[C@@H]1CCCC[C@@H](O)[C@H]1[CH2][Hg][CH3]. The number of methoxy groups -OCH3 is 1. The number of aliphatic hydroxyl groups excluding tert-OH is 1. The number of hydrogen-bond acceptors (Lipinski definition) is 2. The van der Waals surface area contributed by atoms with Gasteiger partial charge in [-0.05, 0) is 0 Å². The maximum absolute atomic E-state index is 9.94. The van der Waals surface area contributed by atoms with E-state index < -0.39 is 24.6 Å². The molecule has 1 saturated carbocycles. The first kappa shape index (κ1) is 11.9. The third-order valence-corrected chi connectivity index (χ3v) is 7.97. The predicted molar refractivity (Wildman–Crippen MR) is 49.4 cm³/mol. The first-order valence-electron chi connectivity index (χ1n) is 5.50. The Morgan fingerprint density at radius 2 is 2.08 bits per heavy atom. The Morgan fingerprint density at radius 3 is 2.69 bits per heavy atom. The summed E-state index contributed by atoms with van der Waals surface area (Å²) in [5.74, 6) is 0.471. The van der Waals surface area contributed by atoms with Gasteiger partial charge < -0.3 is 0 Å². The van der Waals surface area contributed by atoms with E-state index in [4.69, 9.17) is 4.74 Å². The molecule has 0 aromatic carbocycles. The van der Waals surface area contributed by atoms with Gasteiger partial charge in [0.2, 0.25) is 0 Å². The van der Waals surface area contributed by atoms with Gasteiger partial charge in [-0.1, -0.05) is 0 Å². The van der Waals surface area contributed by atoms with E-state index in [1.807, 2.05) is 0 Å². The Balaban J connectivity index is 2.55. The van der Waals surface area contributed by atoms with Crippen molar-refractivity contribution in [3.63, 3.8) is 0 Å². The topological polar surface area (TPSA) is 29.5 Å². The fourth-order valence-corrected chi connectivity index (χ4v) is 7.91. The molecule has 0 spiro atoms. The number of aliphatic hydroxyl groups is 1. The van der Waals surface area contributed by atoms with Crippen molar-refractivity contribution in [1.82, 2.24) is 0 Å². The summed E-state index contributed by atoms with van der Waals surface area (Å²) in [5, 5.41) is 9.94. The van der Waals surface area contributed by atoms with Crippen LogP contribution in [0.2, 0.25) is 8.36 Å². The summed E-state index contributed by atoms with van der Waals surface area (Å²) in [6.07, 6.45) is 4.83. The van der Waals surface area contributed by atoms with Gasteiger partial charge in [0.1, 0.15) is 0 Å². The van der Waals surface area contributed by atoms with Gasteiger partial charge in [0, 0.05) is 0 Å². The molecule has 1 fully saturated rings. The molecular formula is C10H20HgO2. The molecule has 0 unspecified atom stereocenters. The minimum atomic E-state index is -0.619. The van der Waals surface area contributed by atoms with Crippen molar-refractivity contribution in [2.45, 2.75) is 46.3 Å². The number of hydrogen-bond donors (Lipinski definition) is 1. The fraction of sp³-hybridized carbons (Fsp3) is 1.00. The van der Waals surface area contributed by atoms with Crippen LogP contribution in [0.15, 0.2) is 0 Å². The molecule has 0 heterocycles. The van der Waals surface area contributed by atoms with E-state index in [2.05, 4.69) is 4.43 Å². The van der Waals surface area contributed by atoms with Crippen LogP contribution < -0.4 is 0 Å². The van der Waals surface area contributed by atoms with Crippen LogP contribution in [-0.4, -0.2) is 24.4 Å². The standard InChI is InChI=1S/C9H17O2.CH3.Hg/c1-7-8(10)5-3-4-6-9(7)11-2;;/h7-10H,1,3-6H2,2H3;1H3;/t7-,8-,9-;;/m1../s1. The first-order valence-corrected chi connectivity index (χ1v) is 14.9. The van der Waals surface area contributed by atoms with Crippen molar-refractivity contribution >= 4 is 0 Å². The van der Waals surface area contributed by atoms with E-state index in [9.17, 15) is 5.11 Å². The summed E-state index contributed by atoms with van der Waals surface area (Å²) in [5.41, 5.74) is 0. The minimum absolute atomic E-state index is 0.0765. The molecule has 1 aliphatic rings. The molecule has 3 atom stereocenters. The summed E-state index contributed by atoms with van der Waals surface area (Å²) in [7, 11) is 1.79. The number of rotatable bonds is 3. The zero-order valence-electron chi connectivity index (χ0n) is 8.83. The normalized spacial score (nSPS) is 35.2. The van der Waals surface area contributed by atoms with Gasteiger partial charge in [0.05, 0.1) is 0 Å². The molecule has 0 aromatic heterocycles. The van der Waals surface area contributed by atoms with Gasteiger partial charge in [0.15, 0.2) is 0 Å². The van der Waals surface area contributed by atoms with Crippen LogP contribution in [0.4, 0.5) is 0 Å². The van der Waals surface area contributed by atoms with E-state index in [1.165, 1.54) is 16.8 Å². The zero-order chi connectivity index (χ0) is 9.68.